The molecule has 0 saturated carbocycles. The zero-order valence-electron chi connectivity index (χ0n) is 14.3. The molecular formula is C18H24ClN3O3. The molecule has 3 rings (SSSR count). The number of likely N-dealkylation sites (tertiary alicyclic amines) is 2. The van der Waals surface area contributed by atoms with Gasteiger partial charge in [-0.15, -0.1) is 0 Å². The SMILES string of the molecule is CC(=O)N1CCC(NC(=O)N2CC[C@@H](O)[C@H]2c2ccc(Cl)cc2)CC1. The Kier molecular flexibility index (Phi) is 5.49. The van der Waals surface area contributed by atoms with Gasteiger partial charge in [0.05, 0.1) is 12.1 Å². The van der Waals surface area contributed by atoms with E-state index in [1.165, 1.54) is 0 Å². The molecule has 0 aromatic heterocycles. The largest absolute Gasteiger partial charge is 0.391 e. The lowest BCUT2D eigenvalue weighted by Gasteiger charge is -2.34. The van der Waals surface area contributed by atoms with E-state index in [-0.39, 0.29) is 24.0 Å². The third-order valence-corrected chi connectivity index (χ3v) is 5.36. The molecule has 0 spiro atoms. The van der Waals surface area contributed by atoms with Gasteiger partial charge in [0, 0.05) is 37.6 Å². The van der Waals surface area contributed by atoms with Crippen LogP contribution < -0.4 is 5.32 Å². The van der Waals surface area contributed by atoms with E-state index in [2.05, 4.69) is 5.32 Å². The Morgan fingerprint density at radius 3 is 2.36 bits per heavy atom. The first-order chi connectivity index (χ1) is 12.0. The lowest BCUT2D eigenvalue weighted by molar-refractivity contribution is -0.129. The van der Waals surface area contributed by atoms with Crippen molar-refractivity contribution in [3.63, 3.8) is 0 Å². The molecular weight excluding hydrogens is 342 g/mol. The molecule has 0 radical (unpaired) electrons. The van der Waals surface area contributed by atoms with E-state index >= 15 is 0 Å². The Morgan fingerprint density at radius 1 is 1.12 bits per heavy atom. The quantitative estimate of drug-likeness (QED) is 0.843. The van der Waals surface area contributed by atoms with Gasteiger partial charge < -0.3 is 20.2 Å². The number of benzene rings is 1. The number of piperidine rings is 1. The smallest absolute Gasteiger partial charge is 0.318 e. The molecule has 7 heteroatoms. The minimum Gasteiger partial charge on any atom is -0.391 e. The fourth-order valence-corrected chi connectivity index (χ4v) is 3.79. The molecule has 3 amide bonds. The number of aliphatic hydroxyl groups is 1. The summed E-state index contributed by atoms with van der Waals surface area (Å²) in [5, 5.41) is 14.0. The van der Waals surface area contributed by atoms with Gasteiger partial charge in [0.25, 0.3) is 0 Å². The summed E-state index contributed by atoms with van der Waals surface area (Å²) in [7, 11) is 0. The highest BCUT2D eigenvalue weighted by Gasteiger charge is 2.37. The first-order valence-corrected chi connectivity index (χ1v) is 9.09. The molecule has 2 saturated heterocycles. The van der Waals surface area contributed by atoms with Crippen molar-refractivity contribution in [2.45, 2.75) is 44.4 Å². The van der Waals surface area contributed by atoms with Gasteiger partial charge in [-0.3, -0.25) is 4.79 Å². The number of halogens is 1. The number of hydrogen-bond donors (Lipinski definition) is 2. The van der Waals surface area contributed by atoms with Crippen molar-refractivity contribution in [1.29, 1.82) is 0 Å². The van der Waals surface area contributed by atoms with Gasteiger partial charge in [0.2, 0.25) is 5.91 Å². The second-order valence-corrected chi connectivity index (χ2v) is 7.21. The van der Waals surface area contributed by atoms with Crippen molar-refractivity contribution < 1.29 is 14.7 Å². The summed E-state index contributed by atoms with van der Waals surface area (Å²) < 4.78 is 0. The van der Waals surface area contributed by atoms with Crippen LogP contribution in [0.25, 0.3) is 0 Å². The number of hydrogen-bond acceptors (Lipinski definition) is 3. The van der Waals surface area contributed by atoms with Crippen LogP contribution in [0, 0.1) is 0 Å². The predicted octanol–water partition coefficient (Wildman–Crippen LogP) is 2.17. The summed E-state index contributed by atoms with van der Waals surface area (Å²) >= 11 is 5.93. The van der Waals surface area contributed by atoms with E-state index in [9.17, 15) is 14.7 Å². The molecule has 0 unspecified atom stereocenters. The lowest BCUT2D eigenvalue weighted by atomic mass is 10.0. The van der Waals surface area contributed by atoms with E-state index in [4.69, 9.17) is 11.6 Å². The second-order valence-electron chi connectivity index (χ2n) is 6.78. The molecule has 2 fully saturated rings. The Balaban J connectivity index is 1.63. The molecule has 0 aliphatic carbocycles. The molecule has 2 aliphatic heterocycles. The van der Waals surface area contributed by atoms with E-state index in [1.807, 2.05) is 12.1 Å². The predicted molar refractivity (Wildman–Crippen MR) is 95.3 cm³/mol. The van der Waals surface area contributed by atoms with Gasteiger partial charge in [-0.2, -0.15) is 0 Å². The van der Waals surface area contributed by atoms with Crippen molar-refractivity contribution in [3.05, 3.63) is 34.9 Å². The van der Waals surface area contributed by atoms with Crippen LogP contribution in [0.4, 0.5) is 4.79 Å². The zero-order chi connectivity index (χ0) is 18.0. The molecule has 6 nitrogen and oxygen atoms in total. The van der Waals surface area contributed by atoms with E-state index in [1.54, 1.807) is 28.9 Å². The second kappa shape index (κ2) is 7.62. The average molecular weight is 366 g/mol. The summed E-state index contributed by atoms with van der Waals surface area (Å²) in [6, 6.07) is 6.81. The lowest BCUT2D eigenvalue weighted by Crippen LogP contribution is -2.50. The Bertz CT molecular complexity index is 629. The number of aliphatic hydroxyl groups excluding tert-OH is 1. The number of urea groups is 1. The maximum Gasteiger partial charge on any atom is 0.318 e. The number of rotatable bonds is 2. The molecule has 2 aliphatic rings. The van der Waals surface area contributed by atoms with Crippen LogP contribution >= 0.6 is 11.6 Å². The van der Waals surface area contributed by atoms with Crippen molar-refractivity contribution in [1.82, 2.24) is 15.1 Å². The van der Waals surface area contributed by atoms with Crippen LogP contribution in [0.15, 0.2) is 24.3 Å². The fraction of sp³-hybridized carbons (Fsp3) is 0.556. The van der Waals surface area contributed by atoms with Crippen LogP contribution in [0.3, 0.4) is 0 Å². The highest BCUT2D eigenvalue weighted by Crippen LogP contribution is 2.33. The topological polar surface area (TPSA) is 72.9 Å². The van der Waals surface area contributed by atoms with Crippen molar-refractivity contribution >= 4 is 23.5 Å². The maximum absolute atomic E-state index is 12.7. The van der Waals surface area contributed by atoms with Gasteiger partial charge in [0.15, 0.2) is 0 Å². The zero-order valence-corrected chi connectivity index (χ0v) is 15.1. The Hall–Kier alpha value is -1.79. The normalized spacial score (nSPS) is 24.4. The first kappa shape index (κ1) is 18.0. The molecule has 2 atom stereocenters. The first-order valence-electron chi connectivity index (χ1n) is 8.72. The standard InChI is InChI=1S/C18H24ClN3O3/c1-12(23)21-9-6-15(7-10-21)20-18(25)22-11-8-16(24)17(22)13-2-4-14(19)5-3-13/h2-5,15-17,24H,6-11H2,1H3,(H,20,25)/t16-,17-/m1/s1. The number of amides is 3. The van der Waals surface area contributed by atoms with Gasteiger partial charge in [-0.25, -0.2) is 4.79 Å². The minimum absolute atomic E-state index is 0.0618. The molecule has 1 aromatic carbocycles. The summed E-state index contributed by atoms with van der Waals surface area (Å²) in [5.74, 6) is 0.0789. The van der Waals surface area contributed by atoms with Crippen molar-refractivity contribution in [2.24, 2.45) is 0 Å². The van der Waals surface area contributed by atoms with Crippen LogP contribution in [0.2, 0.25) is 5.02 Å². The summed E-state index contributed by atoms with van der Waals surface area (Å²) in [6.07, 6.45) is 1.50. The molecule has 2 N–H and O–H groups in total. The highest BCUT2D eigenvalue weighted by molar-refractivity contribution is 6.30. The number of carbonyl (C=O) groups excluding carboxylic acids is 2. The Labute approximate surface area is 152 Å². The number of nitrogens with zero attached hydrogens (tertiary/aromatic N) is 2. The molecule has 2 heterocycles. The molecule has 25 heavy (non-hydrogen) atoms. The summed E-state index contributed by atoms with van der Waals surface area (Å²) in [5.41, 5.74) is 0.885. The number of carbonyl (C=O) groups is 2. The van der Waals surface area contributed by atoms with Crippen LogP contribution in [0.5, 0.6) is 0 Å². The fourth-order valence-electron chi connectivity index (χ4n) is 3.66. The summed E-state index contributed by atoms with van der Waals surface area (Å²) in [4.78, 5) is 27.6. The van der Waals surface area contributed by atoms with Crippen molar-refractivity contribution in [3.8, 4) is 0 Å². The van der Waals surface area contributed by atoms with Crippen molar-refractivity contribution in [2.75, 3.05) is 19.6 Å². The molecule has 0 bridgehead atoms. The van der Waals surface area contributed by atoms with Gasteiger partial charge in [0.1, 0.15) is 0 Å². The monoisotopic (exact) mass is 365 g/mol. The van der Waals surface area contributed by atoms with Gasteiger partial charge >= 0.3 is 6.03 Å². The highest BCUT2D eigenvalue weighted by atomic mass is 35.5. The van der Waals surface area contributed by atoms with Crippen LogP contribution in [0.1, 0.15) is 37.8 Å². The summed E-state index contributed by atoms with van der Waals surface area (Å²) in [6.45, 7) is 3.43. The Morgan fingerprint density at radius 2 is 1.76 bits per heavy atom. The van der Waals surface area contributed by atoms with Crippen LogP contribution in [-0.4, -0.2) is 58.6 Å². The molecule has 136 valence electrons. The number of nitrogens with one attached hydrogen (secondary N) is 1. The van der Waals surface area contributed by atoms with E-state index in [0.29, 0.717) is 31.1 Å². The average Bonchev–Trinajstić information content (AvgIpc) is 2.98. The third-order valence-electron chi connectivity index (χ3n) is 5.11. The van der Waals surface area contributed by atoms with Crippen LogP contribution in [-0.2, 0) is 4.79 Å². The van der Waals surface area contributed by atoms with E-state index < -0.39 is 6.10 Å². The molecule has 1 aromatic rings. The minimum atomic E-state index is -0.577. The van der Waals surface area contributed by atoms with Gasteiger partial charge in [-0.05, 0) is 37.0 Å². The third kappa shape index (κ3) is 4.07. The van der Waals surface area contributed by atoms with E-state index in [0.717, 1.165) is 18.4 Å². The maximum atomic E-state index is 12.7. The van der Waals surface area contributed by atoms with Gasteiger partial charge in [-0.1, -0.05) is 23.7 Å².